The highest BCUT2D eigenvalue weighted by atomic mass is 32.1. The molecule has 0 atom stereocenters. The summed E-state index contributed by atoms with van der Waals surface area (Å²) in [6.45, 7) is 15.8. The summed E-state index contributed by atoms with van der Waals surface area (Å²) in [6, 6.07) is 0. The van der Waals surface area contributed by atoms with Gasteiger partial charge in [0, 0.05) is 43.5 Å². The molecular weight excluding hydrogens is 242 g/mol. The van der Waals surface area contributed by atoms with Crippen molar-refractivity contribution in [3.05, 3.63) is 23.7 Å². The van der Waals surface area contributed by atoms with Crippen LogP contribution in [-0.2, 0) is 5.41 Å². The van der Waals surface area contributed by atoms with E-state index < -0.39 is 0 Å². The Labute approximate surface area is 114 Å². The SMILES string of the molecule is C=CCN1CCN(c2nc(C(C)(C)C)cs2)CC1. The standard InChI is InChI=1S/C14H23N3S/c1-5-6-16-7-9-17(10-8-16)13-15-12(11-18-13)14(2,3)4/h5,11H,1,6-10H2,2-4H3. The van der Waals surface area contributed by atoms with E-state index in [1.807, 2.05) is 6.08 Å². The zero-order valence-electron chi connectivity index (χ0n) is 11.6. The molecule has 18 heavy (non-hydrogen) atoms. The van der Waals surface area contributed by atoms with E-state index in [1.54, 1.807) is 11.3 Å². The van der Waals surface area contributed by atoms with E-state index in [-0.39, 0.29) is 5.41 Å². The molecule has 1 fully saturated rings. The molecule has 0 N–H and O–H groups in total. The van der Waals surface area contributed by atoms with Crippen LogP contribution >= 0.6 is 11.3 Å². The van der Waals surface area contributed by atoms with Gasteiger partial charge < -0.3 is 4.90 Å². The number of hydrogen-bond acceptors (Lipinski definition) is 4. The van der Waals surface area contributed by atoms with Gasteiger partial charge in [-0.2, -0.15) is 0 Å². The third-order valence-corrected chi connectivity index (χ3v) is 4.19. The van der Waals surface area contributed by atoms with Crippen molar-refractivity contribution >= 4 is 16.5 Å². The molecule has 0 saturated carbocycles. The van der Waals surface area contributed by atoms with Crippen LogP contribution in [0.5, 0.6) is 0 Å². The van der Waals surface area contributed by atoms with E-state index in [2.05, 4.69) is 42.5 Å². The molecule has 1 aromatic rings. The highest BCUT2D eigenvalue weighted by Gasteiger charge is 2.22. The normalized spacial score (nSPS) is 18.1. The second-order valence-electron chi connectivity index (χ2n) is 5.84. The molecule has 2 rings (SSSR count). The van der Waals surface area contributed by atoms with Crippen molar-refractivity contribution in [2.45, 2.75) is 26.2 Å². The van der Waals surface area contributed by atoms with Gasteiger partial charge in [-0.3, -0.25) is 4.90 Å². The average molecular weight is 265 g/mol. The van der Waals surface area contributed by atoms with E-state index in [9.17, 15) is 0 Å². The van der Waals surface area contributed by atoms with Crippen molar-refractivity contribution < 1.29 is 0 Å². The number of rotatable bonds is 3. The Kier molecular flexibility index (Phi) is 4.07. The van der Waals surface area contributed by atoms with Crippen molar-refractivity contribution in [2.75, 3.05) is 37.6 Å². The molecular formula is C14H23N3S. The minimum Gasteiger partial charge on any atom is -0.346 e. The Balaban J connectivity index is 1.97. The van der Waals surface area contributed by atoms with Crippen molar-refractivity contribution in [3.8, 4) is 0 Å². The van der Waals surface area contributed by atoms with E-state index in [4.69, 9.17) is 4.98 Å². The molecule has 0 amide bonds. The molecule has 0 bridgehead atoms. The fraction of sp³-hybridized carbons (Fsp3) is 0.643. The second-order valence-corrected chi connectivity index (χ2v) is 6.68. The third kappa shape index (κ3) is 3.12. The zero-order chi connectivity index (χ0) is 13.2. The number of aromatic nitrogens is 1. The first-order chi connectivity index (χ1) is 8.50. The molecule has 4 heteroatoms. The van der Waals surface area contributed by atoms with Crippen LogP contribution in [0.1, 0.15) is 26.5 Å². The van der Waals surface area contributed by atoms with Crippen molar-refractivity contribution in [3.63, 3.8) is 0 Å². The molecule has 1 aliphatic rings. The van der Waals surface area contributed by atoms with Crippen LogP contribution in [0.2, 0.25) is 0 Å². The third-order valence-electron chi connectivity index (χ3n) is 3.29. The summed E-state index contributed by atoms with van der Waals surface area (Å²) in [6.07, 6.45) is 1.98. The summed E-state index contributed by atoms with van der Waals surface area (Å²) in [5.74, 6) is 0. The predicted octanol–water partition coefficient (Wildman–Crippen LogP) is 2.75. The van der Waals surface area contributed by atoms with Gasteiger partial charge in [-0.25, -0.2) is 4.98 Å². The minimum atomic E-state index is 0.152. The van der Waals surface area contributed by atoms with E-state index in [0.29, 0.717) is 0 Å². The van der Waals surface area contributed by atoms with E-state index in [1.165, 1.54) is 10.8 Å². The zero-order valence-corrected chi connectivity index (χ0v) is 12.5. The lowest BCUT2D eigenvalue weighted by molar-refractivity contribution is 0.284. The molecule has 0 unspecified atom stereocenters. The molecule has 1 aliphatic heterocycles. The Bertz CT molecular complexity index is 397. The monoisotopic (exact) mass is 265 g/mol. The summed E-state index contributed by atoms with van der Waals surface area (Å²) in [5.41, 5.74) is 1.36. The number of anilines is 1. The van der Waals surface area contributed by atoms with Crippen LogP contribution in [0.15, 0.2) is 18.0 Å². The molecule has 0 aliphatic carbocycles. The van der Waals surface area contributed by atoms with Gasteiger partial charge in [-0.05, 0) is 0 Å². The molecule has 0 aromatic carbocycles. The molecule has 2 heterocycles. The Morgan fingerprint density at radius 3 is 2.50 bits per heavy atom. The maximum absolute atomic E-state index is 4.78. The van der Waals surface area contributed by atoms with Gasteiger partial charge in [0.05, 0.1) is 5.69 Å². The fourth-order valence-corrected chi connectivity index (χ4v) is 3.16. The summed E-state index contributed by atoms with van der Waals surface area (Å²) >= 11 is 1.77. The van der Waals surface area contributed by atoms with Crippen LogP contribution in [0.25, 0.3) is 0 Å². The topological polar surface area (TPSA) is 19.4 Å². The average Bonchev–Trinajstić information content (AvgIpc) is 2.79. The highest BCUT2D eigenvalue weighted by Crippen LogP contribution is 2.28. The van der Waals surface area contributed by atoms with Gasteiger partial charge in [0.15, 0.2) is 5.13 Å². The maximum atomic E-state index is 4.78. The van der Waals surface area contributed by atoms with Crippen LogP contribution < -0.4 is 4.90 Å². The van der Waals surface area contributed by atoms with Gasteiger partial charge in [0.2, 0.25) is 0 Å². The first-order valence-corrected chi connectivity index (χ1v) is 7.43. The van der Waals surface area contributed by atoms with Crippen LogP contribution in [0.3, 0.4) is 0 Å². The first-order valence-electron chi connectivity index (χ1n) is 6.55. The van der Waals surface area contributed by atoms with Crippen molar-refractivity contribution in [1.29, 1.82) is 0 Å². The Morgan fingerprint density at radius 1 is 1.33 bits per heavy atom. The van der Waals surface area contributed by atoms with Gasteiger partial charge in [-0.15, -0.1) is 17.9 Å². The van der Waals surface area contributed by atoms with Crippen molar-refractivity contribution in [1.82, 2.24) is 9.88 Å². The summed E-state index contributed by atoms with van der Waals surface area (Å²) < 4.78 is 0. The molecule has 1 aromatic heterocycles. The summed E-state index contributed by atoms with van der Waals surface area (Å²) in [5, 5.41) is 3.38. The maximum Gasteiger partial charge on any atom is 0.185 e. The lowest BCUT2D eigenvalue weighted by Crippen LogP contribution is -2.46. The fourth-order valence-electron chi connectivity index (χ4n) is 2.06. The van der Waals surface area contributed by atoms with Gasteiger partial charge >= 0.3 is 0 Å². The summed E-state index contributed by atoms with van der Waals surface area (Å²) in [7, 11) is 0. The van der Waals surface area contributed by atoms with Crippen molar-refractivity contribution in [2.24, 2.45) is 0 Å². The van der Waals surface area contributed by atoms with Gasteiger partial charge in [-0.1, -0.05) is 26.8 Å². The van der Waals surface area contributed by atoms with Gasteiger partial charge in [0.1, 0.15) is 0 Å². The van der Waals surface area contributed by atoms with Crippen LogP contribution in [0, 0.1) is 0 Å². The highest BCUT2D eigenvalue weighted by molar-refractivity contribution is 7.13. The number of piperazine rings is 1. The van der Waals surface area contributed by atoms with Gasteiger partial charge in [0.25, 0.3) is 0 Å². The molecule has 1 saturated heterocycles. The lowest BCUT2D eigenvalue weighted by atomic mass is 9.93. The number of thiazole rings is 1. The smallest absolute Gasteiger partial charge is 0.185 e. The van der Waals surface area contributed by atoms with E-state index >= 15 is 0 Å². The quantitative estimate of drug-likeness (QED) is 0.783. The molecule has 0 spiro atoms. The lowest BCUT2D eigenvalue weighted by Gasteiger charge is -2.33. The summed E-state index contributed by atoms with van der Waals surface area (Å²) in [4.78, 5) is 9.62. The largest absolute Gasteiger partial charge is 0.346 e. The molecule has 3 nitrogen and oxygen atoms in total. The minimum absolute atomic E-state index is 0.152. The Morgan fingerprint density at radius 2 is 2.00 bits per heavy atom. The first kappa shape index (κ1) is 13.6. The van der Waals surface area contributed by atoms with Crippen LogP contribution in [-0.4, -0.2) is 42.6 Å². The number of nitrogens with zero attached hydrogens (tertiary/aromatic N) is 3. The predicted molar refractivity (Wildman–Crippen MR) is 79.7 cm³/mol. The second kappa shape index (κ2) is 5.41. The number of hydrogen-bond donors (Lipinski definition) is 0. The molecule has 0 radical (unpaired) electrons. The Hall–Kier alpha value is -0.870. The van der Waals surface area contributed by atoms with E-state index in [0.717, 1.165) is 32.7 Å². The van der Waals surface area contributed by atoms with Crippen LogP contribution in [0.4, 0.5) is 5.13 Å². The molecule has 100 valence electrons.